The zero-order chi connectivity index (χ0) is 16.1. The van der Waals surface area contributed by atoms with E-state index in [-0.39, 0.29) is 6.61 Å². The van der Waals surface area contributed by atoms with E-state index in [4.69, 9.17) is 16.3 Å². The second-order valence-corrected chi connectivity index (χ2v) is 5.33. The van der Waals surface area contributed by atoms with Crippen molar-refractivity contribution in [1.82, 2.24) is 0 Å². The second-order valence-electron chi connectivity index (χ2n) is 4.90. The number of esters is 1. The molecule has 114 valence electrons. The average molecular weight is 318 g/mol. The van der Waals surface area contributed by atoms with Gasteiger partial charge in [0, 0.05) is 10.7 Å². The van der Waals surface area contributed by atoms with E-state index in [1.54, 1.807) is 30.3 Å². The van der Waals surface area contributed by atoms with Gasteiger partial charge in [0.2, 0.25) is 0 Å². The summed E-state index contributed by atoms with van der Waals surface area (Å²) in [5.74, 6) is -0.909. The summed E-state index contributed by atoms with van der Waals surface area (Å²) in [4.78, 5) is 23.8. The Kier molecular flexibility index (Phi) is 5.17. The van der Waals surface area contributed by atoms with E-state index in [9.17, 15) is 9.59 Å². The van der Waals surface area contributed by atoms with Crippen molar-refractivity contribution >= 4 is 29.2 Å². The van der Waals surface area contributed by atoms with Gasteiger partial charge in [-0.2, -0.15) is 0 Å². The number of anilines is 1. The van der Waals surface area contributed by atoms with Crippen LogP contribution < -0.4 is 5.32 Å². The summed E-state index contributed by atoms with van der Waals surface area (Å²) in [6, 6.07) is 12.2. The Morgan fingerprint density at radius 1 is 1.09 bits per heavy atom. The number of aryl methyl sites for hydroxylation is 2. The van der Waals surface area contributed by atoms with Crippen molar-refractivity contribution in [3.8, 4) is 0 Å². The lowest BCUT2D eigenvalue weighted by molar-refractivity contribution is -0.119. The van der Waals surface area contributed by atoms with Gasteiger partial charge in [0.15, 0.2) is 6.61 Å². The molecule has 1 N–H and O–H groups in total. The van der Waals surface area contributed by atoms with Crippen LogP contribution in [0.3, 0.4) is 0 Å². The summed E-state index contributed by atoms with van der Waals surface area (Å²) < 4.78 is 5.03. The summed E-state index contributed by atoms with van der Waals surface area (Å²) in [6.07, 6.45) is 0. The van der Waals surface area contributed by atoms with Crippen molar-refractivity contribution in [2.45, 2.75) is 13.8 Å². The third kappa shape index (κ3) is 4.09. The number of nitrogens with one attached hydrogen (secondary N) is 1. The van der Waals surface area contributed by atoms with Crippen LogP contribution in [0.25, 0.3) is 0 Å². The lowest BCUT2D eigenvalue weighted by Crippen LogP contribution is -2.21. The number of ether oxygens (including phenoxy) is 1. The highest BCUT2D eigenvalue weighted by Gasteiger charge is 2.12. The molecule has 0 bridgehead atoms. The van der Waals surface area contributed by atoms with Gasteiger partial charge in [0.05, 0.1) is 5.56 Å². The first-order chi connectivity index (χ1) is 10.5. The fraction of sp³-hybridized carbons (Fsp3) is 0.176. The van der Waals surface area contributed by atoms with Gasteiger partial charge in [-0.1, -0.05) is 29.8 Å². The molecule has 22 heavy (non-hydrogen) atoms. The Morgan fingerprint density at radius 2 is 1.82 bits per heavy atom. The maximum atomic E-state index is 11.9. The van der Waals surface area contributed by atoms with Crippen LogP contribution in [0, 0.1) is 13.8 Å². The van der Waals surface area contributed by atoms with Gasteiger partial charge in [-0.15, -0.1) is 0 Å². The molecule has 2 aromatic rings. The third-order valence-corrected chi connectivity index (χ3v) is 3.40. The third-order valence-electron chi connectivity index (χ3n) is 3.16. The normalized spacial score (nSPS) is 10.1. The molecule has 0 aliphatic carbocycles. The topological polar surface area (TPSA) is 55.4 Å². The number of carbonyl (C=O) groups excluding carboxylic acids is 2. The first-order valence-corrected chi connectivity index (χ1v) is 7.14. The van der Waals surface area contributed by atoms with Crippen molar-refractivity contribution in [2.24, 2.45) is 0 Å². The van der Waals surface area contributed by atoms with E-state index in [0.717, 1.165) is 11.1 Å². The molecule has 2 aromatic carbocycles. The maximum Gasteiger partial charge on any atom is 0.338 e. The summed E-state index contributed by atoms with van der Waals surface area (Å²) >= 11 is 5.86. The summed E-state index contributed by atoms with van der Waals surface area (Å²) in [5, 5.41) is 3.28. The minimum Gasteiger partial charge on any atom is -0.452 e. The average Bonchev–Trinajstić information content (AvgIpc) is 2.48. The Morgan fingerprint density at radius 3 is 2.50 bits per heavy atom. The quantitative estimate of drug-likeness (QED) is 0.874. The van der Waals surface area contributed by atoms with Crippen LogP contribution in [0.15, 0.2) is 42.5 Å². The van der Waals surface area contributed by atoms with Crippen LogP contribution in [-0.4, -0.2) is 18.5 Å². The standard InChI is InChI=1S/C17H16ClNO3/c1-11-5-3-4-6-14(11)17(21)22-10-16(20)19-15-8-7-13(18)9-12(15)2/h3-9H,10H2,1-2H3,(H,19,20). The molecule has 0 fully saturated rings. The van der Waals surface area contributed by atoms with E-state index in [0.29, 0.717) is 16.3 Å². The number of hydrogen-bond donors (Lipinski definition) is 1. The van der Waals surface area contributed by atoms with Gasteiger partial charge >= 0.3 is 5.97 Å². The zero-order valence-electron chi connectivity index (χ0n) is 12.4. The highest BCUT2D eigenvalue weighted by atomic mass is 35.5. The molecule has 0 unspecified atom stereocenters. The number of benzene rings is 2. The van der Waals surface area contributed by atoms with E-state index in [1.807, 2.05) is 26.0 Å². The van der Waals surface area contributed by atoms with Gasteiger partial charge in [0.25, 0.3) is 5.91 Å². The fourth-order valence-electron chi connectivity index (χ4n) is 1.96. The molecule has 0 spiro atoms. The van der Waals surface area contributed by atoms with Gasteiger partial charge in [-0.25, -0.2) is 4.79 Å². The molecular formula is C17H16ClNO3. The van der Waals surface area contributed by atoms with Crippen LogP contribution in [0.1, 0.15) is 21.5 Å². The molecule has 0 atom stereocenters. The van der Waals surface area contributed by atoms with Crippen molar-refractivity contribution in [3.05, 3.63) is 64.2 Å². The van der Waals surface area contributed by atoms with E-state index < -0.39 is 11.9 Å². The summed E-state index contributed by atoms with van der Waals surface area (Å²) in [5.41, 5.74) is 2.74. The summed E-state index contributed by atoms with van der Waals surface area (Å²) in [7, 11) is 0. The molecule has 4 nitrogen and oxygen atoms in total. The first-order valence-electron chi connectivity index (χ1n) is 6.76. The number of rotatable bonds is 4. The molecule has 0 heterocycles. The van der Waals surface area contributed by atoms with Crippen LogP contribution in [0.4, 0.5) is 5.69 Å². The maximum absolute atomic E-state index is 11.9. The van der Waals surface area contributed by atoms with E-state index >= 15 is 0 Å². The molecule has 0 saturated heterocycles. The van der Waals surface area contributed by atoms with E-state index in [2.05, 4.69) is 5.32 Å². The SMILES string of the molecule is Cc1cc(Cl)ccc1NC(=O)COC(=O)c1ccccc1C. The fourth-order valence-corrected chi connectivity index (χ4v) is 2.19. The molecule has 0 aliphatic heterocycles. The minimum absolute atomic E-state index is 0.338. The molecule has 5 heteroatoms. The molecule has 0 radical (unpaired) electrons. The Bertz CT molecular complexity index is 713. The number of hydrogen-bond acceptors (Lipinski definition) is 3. The van der Waals surface area contributed by atoms with Crippen molar-refractivity contribution < 1.29 is 14.3 Å². The lowest BCUT2D eigenvalue weighted by atomic mass is 10.1. The smallest absolute Gasteiger partial charge is 0.338 e. The molecule has 0 aliphatic rings. The molecular weight excluding hydrogens is 302 g/mol. The van der Waals surface area contributed by atoms with Gasteiger partial charge < -0.3 is 10.1 Å². The van der Waals surface area contributed by atoms with Gasteiger partial charge in [-0.05, 0) is 49.2 Å². The highest BCUT2D eigenvalue weighted by Crippen LogP contribution is 2.19. The molecule has 1 amide bonds. The van der Waals surface area contributed by atoms with E-state index in [1.165, 1.54) is 0 Å². The largest absolute Gasteiger partial charge is 0.452 e. The molecule has 2 rings (SSSR count). The predicted octanol–water partition coefficient (Wildman–Crippen LogP) is 3.75. The number of carbonyl (C=O) groups is 2. The second kappa shape index (κ2) is 7.09. The van der Waals surface area contributed by atoms with Crippen molar-refractivity contribution in [1.29, 1.82) is 0 Å². The van der Waals surface area contributed by atoms with Crippen molar-refractivity contribution in [3.63, 3.8) is 0 Å². The molecule has 0 saturated carbocycles. The van der Waals surface area contributed by atoms with Crippen LogP contribution in [-0.2, 0) is 9.53 Å². The van der Waals surface area contributed by atoms with Crippen LogP contribution in [0.2, 0.25) is 5.02 Å². The molecule has 0 aromatic heterocycles. The van der Waals surface area contributed by atoms with Gasteiger partial charge in [-0.3, -0.25) is 4.79 Å². The first kappa shape index (κ1) is 16.0. The summed E-state index contributed by atoms with van der Waals surface area (Å²) in [6.45, 7) is 3.31. The van der Waals surface area contributed by atoms with Crippen molar-refractivity contribution in [2.75, 3.05) is 11.9 Å². The Hall–Kier alpha value is -2.33. The minimum atomic E-state index is -0.513. The Balaban J connectivity index is 1.93. The Labute approximate surface area is 134 Å². The van der Waals surface area contributed by atoms with Crippen LogP contribution >= 0.6 is 11.6 Å². The number of amides is 1. The lowest BCUT2D eigenvalue weighted by Gasteiger charge is -2.10. The highest BCUT2D eigenvalue weighted by molar-refractivity contribution is 6.30. The van der Waals surface area contributed by atoms with Crippen LogP contribution in [0.5, 0.6) is 0 Å². The monoisotopic (exact) mass is 317 g/mol. The van der Waals surface area contributed by atoms with Gasteiger partial charge in [0.1, 0.15) is 0 Å². The predicted molar refractivity (Wildman–Crippen MR) is 86.3 cm³/mol. The number of halogens is 1. The zero-order valence-corrected chi connectivity index (χ0v) is 13.1.